The number of fused-ring (bicyclic) bond motifs is 3. The standard InChI is InChI=1S/C28H33NO4/c1-2-32-28-24(10-7-15-30)25(18-26(33-28)27(31)29-13-5-6-14-29)20-11-12-23-21(17-20)16-19-8-3-4-9-22(19)23/h3-4,8-9,11-12,17-18,24-25,28,30H,2,5-7,10,13-16H2,1H3/t24-,25-,28-/m1/s1. The van der Waals surface area contributed by atoms with Gasteiger partial charge >= 0.3 is 0 Å². The molecule has 0 unspecified atom stereocenters. The Labute approximate surface area is 196 Å². The molecule has 174 valence electrons. The summed E-state index contributed by atoms with van der Waals surface area (Å²) in [7, 11) is 0. The Kier molecular flexibility index (Phi) is 6.52. The Morgan fingerprint density at radius 2 is 1.91 bits per heavy atom. The number of ether oxygens (including phenoxy) is 2. The predicted octanol–water partition coefficient (Wildman–Crippen LogP) is 4.63. The van der Waals surface area contributed by atoms with Crippen molar-refractivity contribution in [2.45, 2.75) is 51.2 Å². The van der Waals surface area contributed by atoms with Crippen LogP contribution >= 0.6 is 0 Å². The predicted molar refractivity (Wildman–Crippen MR) is 128 cm³/mol. The molecular weight excluding hydrogens is 414 g/mol. The first kappa shape index (κ1) is 22.2. The Balaban J connectivity index is 1.51. The number of allylic oxidation sites excluding steroid dienone is 1. The molecule has 0 spiro atoms. The lowest BCUT2D eigenvalue weighted by molar-refractivity contribution is -0.170. The summed E-state index contributed by atoms with van der Waals surface area (Å²) in [5.41, 5.74) is 6.49. The number of amides is 1. The number of aliphatic hydroxyl groups excluding tert-OH is 1. The number of nitrogens with zero attached hydrogens (tertiary/aromatic N) is 1. The molecule has 1 fully saturated rings. The molecule has 1 saturated heterocycles. The molecule has 1 aliphatic carbocycles. The van der Waals surface area contributed by atoms with Gasteiger partial charge in [0.2, 0.25) is 6.29 Å². The Morgan fingerprint density at radius 3 is 2.70 bits per heavy atom. The van der Waals surface area contributed by atoms with Gasteiger partial charge in [0.1, 0.15) is 0 Å². The number of aliphatic hydroxyl groups is 1. The van der Waals surface area contributed by atoms with Crippen LogP contribution < -0.4 is 0 Å². The summed E-state index contributed by atoms with van der Waals surface area (Å²) in [5.74, 6) is 0.409. The third kappa shape index (κ3) is 4.32. The molecule has 2 aromatic rings. The summed E-state index contributed by atoms with van der Waals surface area (Å²) in [5, 5.41) is 9.52. The van der Waals surface area contributed by atoms with Crippen LogP contribution in [0.1, 0.15) is 55.2 Å². The summed E-state index contributed by atoms with van der Waals surface area (Å²) in [6, 6.07) is 15.3. The van der Waals surface area contributed by atoms with E-state index in [4.69, 9.17) is 9.47 Å². The molecule has 0 bridgehead atoms. The average molecular weight is 448 g/mol. The zero-order chi connectivity index (χ0) is 22.8. The minimum absolute atomic E-state index is 0.00239. The van der Waals surface area contributed by atoms with Gasteiger partial charge in [0.25, 0.3) is 5.91 Å². The highest BCUT2D eigenvalue weighted by Gasteiger charge is 2.39. The first-order valence-electron chi connectivity index (χ1n) is 12.3. The van der Waals surface area contributed by atoms with Gasteiger partial charge in [-0.2, -0.15) is 0 Å². The van der Waals surface area contributed by atoms with Crippen molar-refractivity contribution in [3.8, 4) is 11.1 Å². The molecule has 2 aliphatic heterocycles. The Morgan fingerprint density at radius 1 is 1.12 bits per heavy atom. The van der Waals surface area contributed by atoms with Crippen molar-refractivity contribution in [3.05, 3.63) is 71.0 Å². The average Bonchev–Trinajstić information content (AvgIpc) is 3.50. The number of benzene rings is 2. The van der Waals surface area contributed by atoms with Crippen LogP contribution in [0.2, 0.25) is 0 Å². The van der Waals surface area contributed by atoms with Crippen LogP contribution in [0.5, 0.6) is 0 Å². The number of carbonyl (C=O) groups is 1. The van der Waals surface area contributed by atoms with Gasteiger partial charge in [-0.25, -0.2) is 0 Å². The van der Waals surface area contributed by atoms with Gasteiger partial charge in [0.15, 0.2) is 5.76 Å². The minimum Gasteiger partial charge on any atom is -0.459 e. The molecule has 33 heavy (non-hydrogen) atoms. The van der Waals surface area contributed by atoms with Crippen molar-refractivity contribution in [1.82, 2.24) is 4.90 Å². The van der Waals surface area contributed by atoms with E-state index in [1.165, 1.54) is 27.8 Å². The zero-order valence-electron chi connectivity index (χ0n) is 19.3. The van der Waals surface area contributed by atoms with E-state index >= 15 is 0 Å². The van der Waals surface area contributed by atoms with Crippen molar-refractivity contribution in [1.29, 1.82) is 0 Å². The fourth-order valence-electron chi connectivity index (χ4n) is 5.59. The van der Waals surface area contributed by atoms with Gasteiger partial charge in [0.05, 0.1) is 0 Å². The van der Waals surface area contributed by atoms with E-state index < -0.39 is 6.29 Å². The summed E-state index contributed by atoms with van der Waals surface area (Å²) in [6.45, 7) is 4.17. The highest BCUT2D eigenvalue weighted by atomic mass is 16.7. The fraction of sp³-hybridized carbons (Fsp3) is 0.464. The van der Waals surface area contributed by atoms with Crippen LogP contribution in [-0.2, 0) is 20.7 Å². The highest BCUT2D eigenvalue weighted by Crippen LogP contribution is 2.43. The first-order chi connectivity index (χ1) is 16.2. The molecule has 5 nitrogen and oxygen atoms in total. The molecule has 2 heterocycles. The molecule has 0 radical (unpaired) electrons. The van der Waals surface area contributed by atoms with Gasteiger partial charge in [0, 0.05) is 38.1 Å². The lowest BCUT2D eigenvalue weighted by Gasteiger charge is -2.37. The molecular formula is C28H33NO4. The first-order valence-corrected chi connectivity index (χ1v) is 12.3. The Bertz CT molecular complexity index is 1040. The Hall–Kier alpha value is -2.63. The van der Waals surface area contributed by atoms with Crippen LogP contribution in [0.4, 0.5) is 0 Å². The summed E-state index contributed by atoms with van der Waals surface area (Å²) in [4.78, 5) is 15.1. The van der Waals surface area contributed by atoms with Crippen LogP contribution in [0, 0.1) is 5.92 Å². The van der Waals surface area contributed by atoms with Crippen LogP contribution in [-0.4, -0.2) is 48.5 Å². The van der Waals surface area contributed by atoms with E-state index in [0.717, 1.165) is 38.8 Å². The van der Waals surface area contributed by atoms with Crippen LogP contribution in [0.15, 0.2) is 54.3 Å². The second-order valence-electron chi connectivity index (χ2n) is 9.28. The van der Waals surface area contributed by atoms with Crippen LogP contribution in [0.25, 0.3) is 11.1 Å². The topological polar surface area (TPSA) is 59.0 Å². The lowest BCUT2D eigenvalue weighted by atomic mass is 9.79. The monoisotopic (exact) mass is 447 g/mol. The van der Waals surface area contributed by atoms with Crippen LogP contribution in [0.3, 0.4) is 0 Å². The highest BCUT2D eigenvalue weighted by molar-refractivity contribution is 5.92. The third-order valence-electron chi connectivity index (χ3n) is 7.22. The van der Waals surface area contributed by atoms with Crippen molar-refractivity contribution in [2.24, 2.45) is 5.92 Å². The summed E-state index contributed by atoms with van der Waals surface area (Å²) < 4.78 is 12.2. The van der Waals surface area contributed by atoms with E-state index in [9.17, 15) is 9.90 Å². The fourth-order valence-corrected chi connectivity index (χ4v) is 5.59. The second-order valence-corrected chi connectivity index (χ2v) is 9.28. The molecule has 1 amide bonds. The third-order valence-corrected chi connectivity index (χ3v) is 7.22. The molecule has 5 heteroatoms. The second kappa shape index (κ2) is 9.70. The van der Waals surface area contributed by atoms with E-state index in [0.29, 0.717) is 18.8 Å². The zero-order valence-corrected chi connectivity index (χ0v) is 19.3. The van der Waals surface area contributed by atoms with Crippen molar-refractivity contribution < 1.29 is 19.4 Å². The molecule has 3 aliphatic rings. The van der Waals surface area contributed by atoms with Gasteiger partial charge in [-0.15, -0.1) is 0 Å². The maximum absolute atomic E-state index is 13.2. The van der Waals surface area contributed by atoms with E-state index in [1.807, 2.05) is 17.9 Å². The summed E-state index contributed by atoms with van der Waals surface area (Å²) >= 11 is 0. The maximum Gasteiger partial charge on any atom is 0.288 e. The number of hydrogen-bond acceptors (Lipinski definition) is 4. The van der Waals surface area contributed by atoms with Crippen molar-refractivity contribution >= 4 is 5.91 Å². The van der Waals surface area contributed by atoms with E-state index in [1.54, 1.807) is 0 Å². The van der Waals surface area contributed by atoms with Gasteiger partial charge in [-0.3, -0.25) is 4.79 Å². The van der Waals surface area contributed by atoms with Gasteiger partial charge < -0.3 is 19.5 Å². The van der Waals surface area contributed by atoms with Crippen molar-refractivity contribution in [2.75, 3.05) is 26.3 Å². The number of likely N-dealkylation sites (tertiary alicyclic amines) is 1. The van der Waals surface area contributed by atoms with Crippen molar-refractivity contribution in [3.63, 3.8) is 0 Å². The molecule has 1 N–H and O–H groups in total. The molecule has 2 aromatic carbocycles. The number of rotatable bonds is 7. The minimum atomic E-state index is -0.497. The largest absolute Gasteiger partial charge is 0.459 e. The smallest absolute Gasteiger partial charge is 0.288 e. The SMILES string of the molecule is CCO[C@@H]1OC(C(=O)N2CCCC2)=C[C@H](c2ccc3c(c2)Cc2ccccc2-3)[C@H]1CCCO. The lowest BCUT2D eigenvalue weighted by Crippen LogP contribution is -2.39. The van der Waals surface area contributed by atoms with Gasteiger partial charge in [-0.05, 0) is 72.9 Å². The van der Waals surface area contributed by atoms with E-state index in [-0.39, 0.29) is 24.3 Å². The maximum atomic E-state index is 13.2. The molecule has 5 rings (SSSR count). The normalized spacial score (nSPS) is 23.6. The molecule has 0 aromatic heterocycles. The van der Waals surface area contributed by atoms with E-state index in [2.05, 4.69) is 42.5 Å². The molecule has 3 atom stereocenters. The molecule has 0 saturated carbocycles. The number of carbonyl (C=O) groups excluding carboxylic acids is 1. The summed E-state index contributed by atoms with van der Waals surface area (Å²) in [6.07, 6.45) is 5.98. The van der Waals surface area contributed by atoms with Gasteiger partial charge in [-0.1, -0.05) is 42.5 Å². The number of hydrogen-bond donors (Lipinski definition) is 1. The quantitative estimate of drug-likeness (QED) is 0.574.